The molecule has 0 saturated heterocycles. The highest BCUT2D eigenvalue weighted by molar-refractivity contribution is 5.44. The molecule has 3 heteroatoms. The van der Waals surface area contributed by atoms with Crippen molar-refractivity contribution in [3.63, 3.8) is 0 Å². The number of hydrogen-bond donors (Lipinski definition) is 1. The Morgan fingerprint density at radius 2 is 1.88 bits per heavy atom. The topological polar surface area (TPSA) is 44.5 Å². The van der Waals surface area contributed by atoms with Crippen LogP contribution < -0.4 is 10.5 Å². The molecule has 3 nitrogen and oxygen atoms in total. The standard InChI is InChI=1S/C14H23NO2/c1-6-17-9-14(4,15)12-7-11(3)13(16-5)8-10(12)2/h7-8H,6,9,15H2,1-5H3. The van der Waals surface area contributed by atoms with Gasteiger partial charge in [-0.3, -0.25) is 0 Å². The summed E-state index contributed by atoms with van der Waals surface area (Å²) in [6.07, 6.45) is 0. The fourth-order valence-electron chi connectivity index (χ4n) is 2.02. The first kappa shape index (κ1) is 14.0. The smallest absolute Gasteiger partial charge is 0.122 e. The first-order valence-corrected chi connectivity index (χ1v) is 5.94. The number of methoxy groups -OCH3 is 1. The van der Waals surface area contributed by atoms with E-state index in [4.69, 9.17) is 15.2 Å². The molecule has 0 amide bonds. The Morgan fingerprint density at radius 3 is 2.41 bits per heavy atom. The van der Waals surface area contributed by atoms with Crippen LogP contribution in [0.5, 0.6) is 5.75 Å². The summed E-state index contributed by atoms with van der Waals surface area (Å²) in [6, 6.07) is 4.12. The maximum Gasteiger partial charge on any atom is 0.122 e. The molecule has 1 unspecified atom stereocenters. The molecular formula is C14H23NO2. The van der Waals surface area contributed by atoms with Crippen LogP contribution in [-0.4, -0.2) is 20.3 Å². The van der Waals surface area contributed by atoms with Gasteiger partial charge in [0.15, 0.2) is 0 Å². The second-order valence-corrected chi connectivity index (χ2v) is 4.69. The molecule has 1 atom stereocenters. The van der Waals surface area contributed by atoms with E-state index in [0.717, 1.165) is 22.4 Å². The van der Waals surface area contributed by atoms with Crippen molar-refractivity contribution in [3.8, 4) is 5.75 Å². The van der Waals surface area contributed by atoms with Crippen LogP contribution in [0.3, 0.4) is 0 Å². The lowest BCUT2D eigenvalue weighted by molar-refractivity contribution is 0.101. The molecule has 0 spiro atoms. The fourth-order valence-corrected chi connectivity index (χ4v) is 2.02. The molecule has 0 bridgehead atoms. The number of rotatable bonds is 5. The molecule has 2 N–H and O–H groups in total. The van der Waals surface area contributed by atoms with E-state index in [0.29, 0.717) is 13.2 Å². The minimum atomic E-state index is -0.461. The molecule has 0 aliphatic carbocycles. The third-order valence-corrected chi connectivity index (χ3v) is 2.96. The predicted octanol–water partition coefficient (Wildman–Crippen LogP) is 2.52. The Bertz CT molecular complexity index is 386. The molecule has 17 heavy (non-hydrogen) atoms. The van der Waals surface area contributed by atoms with Gasteiger partial charge in [0.2, 0.25) is 0 Å². The van der Waals surface area contributed by atoms with E-state index in [-0.39, 0.29) is 0 Å². The van der Waals surface area contributed by atoms with Gasteiger partial charge in [0, 0.05) is 6.61 Å². The average Bonchev–Trinajstić information content (AvgIpc) is 2.28. The van der Waals surface area contributed by atoms with Gasteiger partial charge in [-0.1, -0.05) is 6.07 Å². The molecule has 0 aliphatic heterocycles. The summed E-state index contributed by atoms with van der Waals surface area (Å²) >= 11 is 0. The Morgan fingerprint density at radius 1 is 1.24 bits per heavy atom. The van der Waals surface area contributed by atoms with Crippen LogP contribution in [0.25, 0.3) is 0 Å². The van der Waals surface area contributed by atoms with E-state index < -0.39 is 5.54 Å². The van der Waals surface area contributed by atoms with Gasteiger partial charge in [-0.25, -0.2) is 0 Å². The van der Waals surface area contributed by atoms with E-state index in [1.165, 1.54) is 0 Å². The first-order valence-electron chi connectivity index (χ1n) is 5.94. The van der Waals surface area contributed by atoms with Crippen LogP contribution in [0.15, 0.2) is 12.1 Å². The Hall–Kier alpha value is -1.06. The Kier molecular flexibility index (Phi) is 4.54. The molecule has 0 aromatic heterocycles. The number of ether oxygens (including phenoxy) is 2. The zero-order valence-corrected chi connectivity index (χ0v) is 11.5. The zero-order valence-electron chi connectivity index (χ0n) is 11.5. The van der Waals surface area contributed by atoms with Gasteiger partial charge < -0.3 is 15.2 Å². The largest absolute Gasteiger partial charge is 0.496 e. The van der Waals surface area contributed by atoms with E-state index in [9.17, 15) is 0 Å². The number of nitrogens with two attached hydrogens (primary N) is 1. The summed E-state index contributed by atoms with van der Waals surface area (Å²) in [6.45, 7) is 9.25. The highest BCUT2D eigenvalue weighted by Gasteiger charge is 2.24. The lowest BCUT2D eigenvalue weighted by atomic mass is 9.88. The van der Waals surface area contributed by atoms with E-state index >= 15 is 0 Å². The molecule has 0 fully saturated rings. The lowest BCUT2D eigenvalue weighted by Crippen LogP contribution is -2.39. The quantitative estimate of drug-likeness (QED) is 0.856. The second kappa shape index (κ2) is 5.52. The van der Waals surface area contributed by atoms with Crippen molar-refractivity contribution >= 4 is 0 Å². The van der Waals surface area contributed by atoms with Gasteiger partial charge in [0.1, 0.15) is 5.75 Å². The highest BCUT2D eigenvalue weighted by Crippen LogP contribution is 2.28. The molecule has 0 aliphatic rings. The van der Waals surface area contributed by atoms with Crippen LogP contribution in [0, 0.1) is 13.8 Å². The Labute approximate surface area is 104 Å². The van der Waals surface area contributed by atoms with E-state index in [2.05, 4.69) is 6.07 Å². The van der Waals surface area contributed by atoms with Crippen molar-refractivity contribution in [3.05, 3.63) is 28.8 Å². The summed E-state index contributed by atoms with van der Waals surface area (Å²) in [5, 5.41) is 0. The number of aryl methyl sites for hydroxylation is 2. The van der Waals surface area contributed by atoms with Gasteiger partial charge in [-0.2, -0.15) is 0 Å². The predicted molar refractivity (Wildman–Crippen MR) is 70.5 cm³/mol. The first-order chi connectivity index (χ1) is 7.92. The summed E-state index contributed by atoms with van der Waals surface area (Å²) < 4.78 is 10.8. The molecule has 1 rings (SSSR count). The summed E-state index contributed by atoms with van der Waals surface area (Å²) in [4.78, 5) is 0. The maximum absolute atomic E-state index is 6.32. The molecular weight excluding hydrogens is 214 g/mol. The van der Waals surface area contributed by atoms with Crippen molar-refractivity contribution in [1.29, 1.82) is 0 Å². The van der Waals surface area contributed by atoms with Crippen LogP contribution in [-0.2, 0) is 10.3 Å². The number of hydrogen-bond acceptors (Lipinski definition) is 3. The van der Waals surface area contributed by atoms with Gasteiger partial charge in [-0.15, -0.1) is 0 Å². The van der Waals surface area contributed by atoms with Crippen LogP contribution in [0.4, 0.5) is 0 Å². The van der Waals surface area contributed by atoms with Crippen LogP contribution in [0.2, 0.25) is 0 Å². The normalized spacial score (nSPS) is 14.5. The molecule has 0 saturated carbocycles. The summed E-state index contributed by atoms with van der Waals surface area (Å²) in [7, 11) is 1.68. The molecule has 0 radical (unpaired) electrons. The minimum absolute atomic E-state index is 0.461. The Balaban J connectivity index is 3.09. The molecule has 96 valence electrons. The van der Waals surface area contributed by atoms with Gasteiger partial charge in [0.05, 0.1) is 19.3 Å². The highest BCUT2D eigenvalue weighted by atomic mass is 16.5. The monoisotopic (exact) mass is 237 g/mol. The van der Waals surface area contributed by atoms with Crippen molar-refractivity contribution in [1.82, 2.24) is 0 Å². The van der Waals surface area contributed by atoms with Crippen molar-refractivity contribution < 1.29 is 9.47 Å². The third-order valence-electron chi connectivity index (χ3n) is 2.96. The number of benzene rings is 1. The van der Waals surface area contributed by atoms with Crippen molar-refractivity contribution in [2.75, 3.05) is 20.3 Å². The summed E-state index contributed by atoms with van der Waals surface area (Å²) in [5.74, 6) is 0.901. The van der Waals surface area contributed by atoms with Gasteiger partial charge >= 0.3 is 0 Å². The third kappa shape index (κ3) is 3.20. The van der Waals surface area contributed by atoms with Gasteiger partial charge in [-0.05, 0) is 50.5 Å². The molecule has 1 aromatic carbocycles. The van der Waals surface area contributed by atoms with Crippen LogP contribution in [0.1, 0.15) is 30.5 Å². The second-order valence-electron chi connectivity index (χ2n) is 4.69. The molecule has 0 heterocycles. The lowest BCUT2D eigenvalue weighted by Gasteiger charge is -2.27. The molecule has 1 aromatic rings. The average molecular weight is 237 g/mol. The van der Waals surface area contributed by atoms with E-state index in [1.807, 2.05) is 33.8 Å². The van der Waals surface area contributed by atoms with Crippen molar-refractivity contribution in [2.45, 2.75) is 33.2 Å². The fraction of sp³-hybridized carbons (Fsp3) is 0.571. The maximum atomic E-state index is 6.32. The van der Waals surface area contributed by atoms with Crippen LogP contribution >= 0.6 is 0 Å². The van der Waals surface area contributed by atoms with Crippen molar-refractivity contribution in [2.24, 2.45) is 5.73 Å². The minimum Gasteiger partial charge on any atom is -0.496 e. The van der Waals surface area contributed by atoms with E-state index in [1.54, 1.807) is 7.11 Å². The summed E-state index contributed by atoms with van der Waals surface area (Å²) in [5.41, 5.74) is 9.21. The zero-order chi connectivity index (χ0) is 13.1. The SMILES string of the molecule is CCOCC(C)(N)c1cc(C)c(OC)cc1C. The van der Waals surface area contributed by atoms with Gasteiger partial charge in [0.25, 0.3) is 0 Å².